The Bertz CT molecular complexity index is 511. The first-order valence-electron chi connectivity index (χ1n) is 5.00. The van der Waals surface area contributed by atoms with Gasteiger partial charge >= 0.3 is 5.97 Å². The van der Waals surface area contributed by atoms with Crippen LogP contribution in [0.1, 0.15) is 24.3 Å². The Morgan fingerprint density at radius 1 is 1.53 bits per heavy atom. The van der Waals surface area contributed by atoms with E-state index < -0.39 is 16.0 Å². The Kier molecular flexibility index (Phi) is 4.06. The molecular weight excluding hydrogens is 244 g/mol. The van der Waals surface area contributed by atoms with E-state index in [4.69, 9.17) is 5.11 Å². The van der Waals surface area contributed by atoms with Gasteiger partial charge in [-0.3, -0.25) is 4.72 Å². The molecule has 0 bridgehead atoms. The Hall–Kier alpha value is -1.63. The molecule has 0 aromatic carbocycles. The first-order chi connectivity index (χ1) is 7.80. The van der Waals surface area contributed by atoms with Crippen LogP contribution in [0, 0.1) is 5.92 Å². The topological polar surface area (TPSA) is 96.4 Å². The molecule has 0 amide bonds. The standard InChI is InChI=1S/C10H14N2O4S/c1-7(2)6-17(15,16)12-8-3-4-11-9(5-8)10(13)14/h3-5,7H,6H2,1-2H3,(H,11,12)(H,13,14). The molecule has 7 heteroatoms. The lowest BCUT2D eigenvalue weighted by molar-refractivity contribution is 0.0690. The maximum Gasteiger partial charge on any atom is 0.354 e. The number of carboxylic acid groups (broad SMARTS) is 1. The van der Waals surface area contributed by atoms with Gasteiger partial charge in [0.1, 0.15) is 5.69 Å². The molecule has 0 aliphatic rings. The molecule has 0 saturated heterocycles. The monoisotopic (exact) mass is 258 g/mol. The molecule has 17 heavy (non-hydrogen) atoms. The molecule has 0 aliphatic heterocycles. The van der Waals surface area contributed by atoms with Crippen LogP contribution in [0.3, 0.4) is 0 Å². The van der Waals surface area contributed by atoms with Crippen molar-refractivity contribution >= 4 is 21.7 Å². The molecule has 1 aromatic rings. The molecule has 0 radical (unpaired) electrons. The van der Waals surface area contributed by atoms with Gasteiger partial charge in [-0.25, -0.2) is 18.2 Å². The summed E-state index contributed by atoms with van der Waals surface area (Å²) in [5.74, 6) is -1.22. The summed E-state index contributed by atoms with van der Waals surface area (Å²) in [6.07, 6.45) is 1.25. The van der Waals surface area contributed by atoms with Gasteiger partial charge in [0.2, 0.25) is 10.0 Å². The summed E-state index contributed by atoms with van der Waals surface area (Å²) >= 11 is 0. The molecule has 0 fully saturated rings. The normalized spacial score (nSPS) is 11.5. The number of hydrogen-bond donors (Lipinski definition) is 2. The minimum absolute atomic E-state index is 0.00622. The van der Waals surface area contributed by atoms with E-state index in [1.807, 2.05) is 0 Å². The summed E-state index contributed by atoms with van der Waals surface area (Å²) < 4.78 is 25.5. The average Bonchev–Trinajstić information content (AvgIpc) is 2.14. The minimum atomic E-state index is -3.45. The number of carbonyl (C=O) groups is 1. The second-order valence-electron chi connectivity index (χ2n) is 4.01. The Morgan fingerprint density at radius 3 is 2.71 bits per heavy atom. The Balaban J connectivity index is 2.89. The van der Waals surface area contributed by atoms with E-state index in [-0.39, 0.29) is 23.1 Å². The molecule has 6 nitrogen and oxygen atoms in total. The van der Waals surface area contributed by atoms with Crippen LogP contribution in [0.2, 0.25) is 0 Å². The number of rotatable bonds is 5. The average molecular weight is 258 g/mol. The lowest BCUT2D eigenvalue weighted by Gasteiger charge is -2.09. The van der Waals surface area contributed by atoms with Gasteiger partial charge in [0.15, 0.2) is 0 Å². The van der Waals surface area contributed by atoms with Gasteiger partial charge in [-0.1, -0.05) is 13.8 Å². The zero-order chi connectivity index (χ0) is 13.1. The Morgan fingerprint density at radius 2 is 2.18 bits per heavy atom. The zero-order valence-electron chi connectivity index (χ0n) is 9.54. The third kappa shape index (κ3) is 4.39. The highest BCUT2D eigenvalue weighted by Gasteiger charge is 2.14. The van der Waals surface area contributed by atoms with Gasteiger partial charge in [-0.2, -0.15) is 0 Å². The van der Waals surface area contributed by atoms with E-state index in [1.165, 1.54) is 18.3 Å². The van der Waals surface area contributed by atoms with Gasteiger partial charge in [-0.15, -0.1) is 0 Å². The smallest absolute Gasteiger partial charge is 0.354 e. The van der Waals surface area contributed by atoms with Crippen molar-refractivity contribution in [3.8, 4) is 0 Å². The van der Waals surface area contributed by atoms with Crippen molar-refractivity contribution in [3.05, 3.63) is 24.0 Å². The number of pyridine rings is 1. The fourth-order valence-corrected chi connectivity index (χ4v) is 2.72. The van der Waals surface area contributed by atoms with Crippen molar-refractivity contribution in [2.24, 2.45) is 5.92 Å². The maximum absolute atomic E-state index is 11.6. The number of carboxylic acids is 1. The molecule has 0 spiro atoms. The lowest BCUT2D eigenvalue weighted by atomic mass is 10.3. The SMILES string of the molecule is CC(C)CS(=O)(=O)Nc1ccnc(C(=O)O)c1. The van der Waals surface area contributed by atoms with Crippen LogP contribution in [0.15, 0.2) is 18.3 Å². The summed E-state index contributed by atoms with van der Waals surface area (Å²) in [6, 6.07) is 2.59. The van der Waals surface area contributed by atoms with E-state index >= 15 is 0 Å². The molecule has 1 rings (SSSR count). The van der Waals surface area contributed by atoms with E-state index in [0.29, 0.717) is 0 Å². The van der Waals surface area contributed by atoms with E-state index in [1.54, 1.807) is 13.8 Å². The zero-order valence-corrected chi connectivity index (χ0v) is 10.4. The maximum atomic E-state index is 11.6. The molecule has 1 aromatic heterocycles. The number of anilines is 1. The van der Waals surface area contributed by atoms with Gasteiger partial charge in [0.05, 0.1) is 11.4 Å². The number of aromatic carboxylic acids is 1. The van der Waals surface area contributed by atoms with Crippen LogP contribution in [0.25, 0.3) is 0 Å². The van der Waals surface area contributed by atoms with Crippen LogP contribution in [0.4, 0.5) is 5.69 Å². The fraction of sp³-hybridized carbons (Fsp3) is 0.400. The number of aromatic nitrogens is 1. The molecule has 0 unspecified atom stereocenters. The van der Waals surface area contributed by atoms with E-state index in [0.717, 1.165) is 0 Å². The summed E-state index contributed by atoms with van der Waals surface area (Å²) in [7, 11) is -3.45. The second kappa shape index (κ2) is 5.13. The summed E-state index contributed by atoms with van der Waals surface area (Å²) in [5, 5.41) is 8.71. The second-order valence-corrected chi connectivity index (χ2v) is 5.78. The molecule has 1 heterocycles. The predicted octanol–water partition coefficient (Wildman–Crippen LogP) is 1.18. The first-order valence-corrected chi connectivity index (χ1v) is 6.65. The molecule has 94 valence electrons. The number of nitrogens with one attached hydrogen (secondary N) is 1. The van der Waals surface area contributed by atoms with Crippen LogP contribution in [0.5, 0.6) is 0 Å². The number of nitrogens with zero attached hydrogens (tertiary/aromatic N) is 1. The van der Waals surface area contributed by atoms with Gasteiger partial charge in [-0.05, 0) is 18.1 Å². The van der Waals surface area contributed by atoms with E-state index in [9.17, 15) is 13.2 Å². The van der Waals surface area contributed by atoms with Crippen LogP contribution >= 0.6 is 0 Å². The first kappa shape index (κ1) is 13.4. The number of hydrogen-bond acceptors (Lipinski definition) is 4. The van der Waals surface area contributed by atoms with Crippen molar-refractivity contribution < 1.29 is 18.3 Å². The van der Waals surface area contributed by atoms with Crippen molar-refractivity contribution in [2.45, 2.75) is 13.8 Å². The van der Waals surface area contributed by atoms with Crippen LogP contribution < -0.4 is 4.72 Å². The van der Waals surface area contributed by atoms with Crippen LogP contribution in [-0.2, 0) is 10.0 Å². The number of sulfonamides is 1. The van der Waals surface area contributed by atoms with Crippen molar-refractivity contribution in [3.63, 3.8) is 0 Å². The van der Waals surface area contributed by atoms with Gasteiger partial charge in [0.25, 0.3) is 0 Å². The van der Waals surface area contributed by atoms with Crippen LogP contribution in [-0.4, -0.2) is 30.2 Å². The quantitative estimate of drug-likeness (QED) is 0.826. The molecule has 0 atom stereocenters. The highest BCUT2D eigenvalue weighted by atomic mass is 32.2. The summed E-state index contributed by atoms with van der Waals surface area (Å²) in [5.41, 5.74) is 0.00722. The highest BCUT2D eigenvalue weighted by molar-refractivity contribution is 7.92. The van der Waals surface area contributed by atoms with Crippen molar-refractivity contribution in [2.75, 3.05) is 10.5 Å². The van der Waals surface area contributed by atoms with Crippen molar-refractivity contribution in [1.29, 1.82) is 0 Å². The lowest BCUT2D eigenvalue weighted by Crippen LogP contribution is -2.20. The fourth-order valence-electron chi connectivity index (χ4n) is 1.27. The molecular formula is C10H14N2O4S. The summed E-state index contributed by atoms with van der Waals surface area (Å²) in [4.78, 5) is 14.3. The predicted molar refractivity (Wildman–Crippen MR) is 63.4 cm³/mol. The summed E-state index contributed by atoms with van der Waals surface area (Å²) in [6.45, 7) is 3.57. The molecule has 2 N–H and O–H groups in total. The molecule has 0 aliphatic carbocycles. The largest absolute Gasteiger partial charge is 0.477 e. The van der Waals surface area contributed by atoms with E-state index in [2.05, 4.69) is 9.71 Å². The molecule has 0 saturated carbocycles. The van der Waals surface area contributed by atoms with Crippen molar-refractivity contribution in [1.82, 2.24) is 4.98 Å². The third-order valence-corrected chi connectivity index (χ3v) is 3.46. The third-order valence-electron chi connectivity index (χ3n) is 1.81. The van der Waals surface area contributed by atoms with Gasteiger partial charge in [0, 0.05) is 6.20 Å². The minimum Gasteiger partial charge on any atom is -0.477 e. The highest BCUT2D eigenvalue weighted by Crippen LogP contribution is 2.11. The van der Waals surface area contributed by atoms with Gasteiger partial charge < -0.3 is 5.11 Å². The Labute approximate surface area is 99.7 Å².